The molecule has 0 radical (unpaired) electrons. The van der Waals surface area contributed by atoms with Crippen molar-refractivity contribution in [2.45, 2.75) is 40.0 Å². The lowest BCUT2D eigenvalue weighted by molar-refractivity contribution is -0.110. The van der Waals surface area contributed by atoms with Crippen LogP contribution in [0.2, 0.25) is 0 Å². The fraction of sp³-hybridized carbons (Fsp3) is 0.611. The smallest absolute Gasteiger partial charge is 0.253 e. The van der Waals surface area contributed by atoms with Crippen LogP contribution in [0.15, 0.2) is 24.3 Å². The Hall–Kier alpha value is -1.35. The molecule has 2 rings (SSSR count). The van der Waals surface area contributed by atoms with E-state index >= 15 is 0 Å². The van der Waals surface area contributed by atoms with Crippen molar-refractivity contribution in [2.75, 3.05) is 26.3 Å². The minimum atomic E-state index is 0.114. The molecule has 1 aliphatic rings. The number of hydrogen-bond donors (Lipinski definition) is 0. The van der Waals surface area contributed by atoms with Crippen molar-refractivity contribution in [1.82, 2.24) is 4.90 Å². The molecule has 116 valence electrons. The van der Waals surface area contributed by atoms with Gasteiger partial charge in [0, 0.05) is 24.1 Å². The second-order valence-electron chi connectivity index (χ2n) is 7.45. The van der Waals surface area contributed by atoms with Crippen molar-refractivity contribution in [3.63, 3.8) is 0 Å². The van der Waals surface area contributed by atoms with Crippen LogP contribution in [-0.4, -0.2) is 37.1 Å². The maximum absolute atomic E-state index is 12.6. The highest BCUT2D eigenvalue weighted by Crippen LogP contribution is 2.28. The molecule has 1 aliphatic heterocycles. The van der Waals surface area contributed by atoms with E-state index in [2.05, 4.69) is 39.8 Å². The fourth-order valence-electron chi connectivity index (χ4n) is 2.63. The SMILES string of the molecule is CCN(CC1(C)COC1)C(=O)c1ccc(C(C)(C)C)cc1. The van der Waals surface area contributed by atoms with Gasteiger partial charge in [-0.1, -0.05) is 39.8 Å². The first-order valence-corrected chi connectivity index (χ1v) is 7.73. The van der Waals surface area contributed by atoms with Crippen molar-refractivity contribution in [1.29, 1.82) is 0 Å². The molecule has 0 bridgehead atoms. The number of amides is 1. The molecule has 1 aromatic rings. The predicted octanol–water partition coefficient (Wildman–Crippen LogP) is 3.48. The summed E-state index contributed by atoms with van der Waals surface area (Å²) >= 11 is 0. The van der Waals surface area contributed by atoms with Crippen molar-refractivity contribution < 1.29 is 9.53 Å². The Kier molecular flexibility index (Phi) is 4.43. The van der Waals surface area contributed by atoms with Crippen molar-refractivity contribution >= 4 is 5.91 Å². The van der Waals surface area contributed by atoms with Crippen LogP contribution in [0, 0.1) is 5.41 Å². The van der Waals surface area contributed by atoms with Gasteiger partial charge in [0.1, 0.15) is 0 Å². The largest absolute Gasteiger partial charge is 0.380 e. The summed E-state index contributed by atoms with van der Waals surface area (Å²) in [5, 5.41) is 0. The van der Waals surface area contributed by atoms with E-state index in [-0.39, 0.29) is 16.7 Å². The van der Waals surface area contributed by atoms with Gasteiger partial charge in [-0.05, 0) is 30.0 Å². The second kappa shape index (κ2) is 5.80. The van der Waals surface area contributed by atoms with Crippen LogP contribution >= 0.6 is 0 Å². The molecular weight excluding hydrogens is 262 g/mol. The average Bonchev–Trinajstić information content (AvgIpc) is 2.41. The Morgan fingerprint density at radius 2 is 1.81 bits per heavy atom. The highest BCUT2D eigenvalue weighted by molar-refractivity contribution is 5.94. The monoisotopic (exact) mass is 289 g/mol. The van der Waals surface area contributed by atoms with Crippen LogP contribution < -0.4 is 0 Å². The van der Waals surface area contributed by atoms with Crippen LogP contribution in [-0.2, 0) is 10.2 Å². The highest BCUT2D eigenvalue weighted by Gasteiger charge is 2.36. The maximum Gasteiger partial charge on any atom is 0.253 e. The molecule has 21 heavy (non-hydrogen) atoms. The van der Waals surface area contributed by atoms with E-state index in [0.29, 0.717) is 0 Å². The van der Waals surface area contributed by atoms with Gasteiger partial charge in [-0.15, -0.1) is 0 Å². The molecule has 1 heterocycles. The molecule has 0 aromatic heterocycles. The summed E-state index contributed by atoms with van der Waals surface area (Å²) in [6.07, 6.45) is 0. The van der Waals surface area contributed by atoms with Gasteiger partial charge in [0.25, 0.3) is 5.91 Å². The zero-order valence-electron chi connectivity index (χ0n) is 13.9. The van der Waals surface area contributed by atoms with Gasteiger partial charge in [0.15, 0.2) is 0 Å². The molecule has 3 heteroatoms. The molecule has 0 aliphatic carbocycles. The summed E-state index contributed by atoms with van der Waals surface area (Å²) in [7, 11) is 0. The molecule has 1 aromatic carbocycles. The van der Waals surface area contributed by atoms with Gasteiger partial charge in [0.2, 0.25) is 0 Å². The molecule has 0 unspecified atom stereocenters. The van der Waals surface area contributed by atoms with Crippen molar-refractivity contribution in [2.24, 2.45) is 5.41 Å². The molecular formula is C18H27NO2. The Morgan fingerprint density at radius 1 is 1.24 bits per heavy atom. The molecule has 0 N–H and O–H groups in total. The summed E-state index contributed by atoms with van der Waals surface area (Å²) < 4.78 is 5.28. The number of benzene rings is 1. The summed E-state index contributed by atoms with van der Waals surface area (Å²) in [4.78, 5) is 14.6. The van der Waals surface area contributed by atoms with Crippen LogP contribution in [0.3, 0.4) is 0 Å². The number of rotatable bonds is 4. The Balaban J connectivity index is 2.10. The third-order valence-corrected chi connectivity index (χ3v) is 4.14. The quantitative estimate of drug-likeness (QED) is 0.849. The Bertz CT molecular complexity index is 495. The zero-order valence-corrected chi connectivity index (χ0v) is 13.9. The summed E-state index contributed by atoms with van der Waals surface area (Å²) in [6, 6.07) is 8.03. The molecule has 1 amide bonds. The van der Waals surface area contributed by atoms with E-state index < -0.39 is 0 Å². The molecule has 0 spiro atoms. The third-order valence-electron chi connectivity index (χ3n) is 4.14. The first-order chi connectivity index (χ1) is 9.75. The lowest BCUT2D eigenvalue weighted by Gasteiger charge is -2.41. The third kappa shape index (κ3) is 3.65. The molecule has 1 fully saturated rings. The normalized spacial score (nSPS) is 17.2. The van der Waals surface area contributed by atoms with E-state index in [4.69, 9.17) is 4.74 Å². The Labute approximate surface area is 128 Å². The van der Waals surface area contributed by atoms with Gasteiger partial charge >= 0.3 is 0 Å². The van der Waals surface area contributed by atoms with Gasteiger partial charge in [-0.2, -0.15) is 0 Å². The van der Waals surface area contributed by atoms with E-state index in [9.17, 15) is 4.79 Å². The number of hydrogen-bond acceptors (Lipinski definition) is 2. The van der Waals surface area contributed by atoms with E-state index in [1.54, 1.807) is 0 Å². The van der Waals surface area contributed by atoms with E-state index in [1.165, 1.54) is 5.56 Å². The summed E-state index contributed by atoms with van der Waals surface area (Å²) in [6.45, 7) is 13.7. The van der Waals surface area contributed by atoms with Crippen LogP contribution in [0.4, 0.5) is 0 Å². The maximum atomic E-state index is 12.6. The van der Waals surface area contributed by atoms with Crippen LogP contribution in [0.1, 0.15) is 50.5 Å². The topological polar surface area (TPSA) is 29.5 Å². The predicted molar refractivity (Wildman–Crippen MR) is 85.6 cm³/mol. The molecule has 0 atom stereocenters. The zero-order chi connectivity index (χ0) is 15.7. The number of ether oxygens (including phenoxy) is 1. The lowest BCUT2D eigenvalue weighted by atomic mass is 9.86. The van der Waals surface area contributed by atoms with E-state index in [0.717, 1.165) is 31.9 Å². The summed E-state index contributed by atoms with van der Waals surface area (Å²) in [5.74, 6) is 0.117. The lowest BCUT2D eigenvalue weighted by Crippen LogP contribution is -2.50. The second-order valence-corrected chi connectivity index (χ2v) is 7.45. The molecule has 3 nitrogen and oxygen atoms in total. The summed E-state index contributed by atoms with van der Waals surface area (Å²) in [5.41, 5.74) is 2.26. The number of carbonyl (C=O) groups excluding carboxylic acids is 1. The first-order valence-electron chi connectivity index (χ1n) is 7.73. The Morgan fingerprint density at radius 3 is 2.19 bits per heavy atom. The van der Waals surface area contributed by atoms with Crippen LogP contribution in [0.25, 0.3) is 0 Å². The van der Waals surface area contributed by atoms with Crippen LogP contribution in [0.5, 0.6) is 0 Å². The minimum absolute atomic E-state index is 0.114. The van der Waals surface area contributed by atoms with Gasteiger partial charge < -0.3 is 9.64 Å². The minimum Gasteiger partial charge on any atom is -0.380 e. The highest BCUT2D eigenvalue weighted by atomic mass is 16.5. The number of carbonyl (C=O) groups is 1. The fourth-order valence-corrected chi connectivity index (χ4v) is 2.63. The molecule has 1 saturated heterocycles. The number of nitrogens with zero attached hydrogens (tertiary/aromatic N) is 1. The van der Waals surface area contributed by atoms with Crippen molar-refractivity contribution in [3.8, 4) is 0 Å². The van der Waals surface area contributed by atoms with Gasteiger partial charge in [0.05, 0.1) is 13.2 Å². The standard InChI is InChI=1S/C18H27NO2/c1-6-19(11-18(5)12-21-13-18)16(20)14-7-9-15(10-8-14)17(2,3)4/h7-10H,6,11-13H2,1-5H3. The first kappa shape index (κ1) is 16.0. The van der Waals surface area contributed by atoms with Gasteiger partial charge in [-0.25, -0.2) is 0 Å². The average molecular weight is 289 g/mol. The van der Waals surface area contributed by atoms with E-state index in [1.807, 2.05) is 24.0 Å². The van der Waals surface area contributed by atoms with Gasteiger partial charge in [-0.3, -0.25) is 4.79 Å². The molecule has 0 saturated carbocycles. The van der Waals surface area contributed by atoms with Crippen molar-refractivity contribution in [3.05, 3.63) is 35.4 Å².